The summed E-state index contributed by atoms with van der Waals surface area (Å²) in [4.78, 5) is 70.7. The Morgan fingerprint density at radius 3 is 1.27 bits per heavy atom. The molecule has 0 saturated heterocycles. The minimum atomic E-state index is -2.82. The van der Waals surface area contributed by atoms with Gasteiger partial charge in [-0.05, 0) is 41.5 Å². The standard InChI is InChI=1S/C12H22NO6P.C11H19NO5/c1-8(14)7-13(4)11(15)9(2)18-12(16)10(3)19-20(5,6)17;1-7(13)6-12(4)10(14)8(2)17-11(15)9(3)16-5/h9-10H,7H2,1-6H3;8-9H,6H2,1-5H3. The largest absolute Gasteiger partial charge is 0.451 e. The summed E-state index contributed by atoms with van der Waals surface area (Å²) >= 11 is 0. The van der Waals surface area contributed by atoms with Crippen molar-refractivity contribution >= 4 is 42.7 Å². The molecule has 0 aromatic rings. The molecule has 37 heavy (non-hydrogen) atoms. The molecule has 214 valence electrons. The van der Waals surface area contributed by atoms with E-state index in [0.717, 1.165) is 0 Å². The van der Waals surface area contributed by atoms with Crippen LogP contribution in [-0.2, 0) is 52.1 Å². The number of carbonyl (C=O) groups excluding carboxylic acids is 6. The summed E-state index contributed by atoms with van der Waals surface area (Å²) in [6.07, 6.45) is -3.71. The summed E-state index contributed by atoms with van der Waals surface area (Å²) in [6.45, 7) is 11.2. The molecule has 4 atom stereocenters. The van der Waals surface area contributed by atoms with Crippen molar-refractivity contribution in [3.8, 4) is 0 Å². The number of hydrogen-bond donors (Lipinski definition) is 0. The second-order valence-corrected chi connectivity index (χ2v) is 11.5. The number of carbonyl (C=O) groups is 6. The first kappa shape index (κ1) is 36.5. The van der Waals surface area contributed by atoms with Gasteiger partial charge in [-0.1, -0.05) is 0 Å². The maximum Gasteiger partial charge on any atom is 0.336 e. The van der Waals surface area contributed by atoms with E-state index in [0.29, 0.717) is 0 Å². The number of Topliss-reactive ketones (excluding diaryl/α,β-unsaturated/α-hetero) is 2. The van der Waals surface area contributed by atoms with Crippen molar-refractivity contribution in [2.24, 2.45) is 0 Å². The lowest BCUT2D eigenvalue weighted by atomic mass is 10.3. The zero-order valence-corrected chi connectivity index (χ0v) is 24.5. The highest BCUT2D eigenvalue weighted by molar-refractivity contribution is 7.57. The van der Waals surface area contributed by atoms with Crippen LogP contribution in [0.4, 0.5) is 0 Å². The molecule has 0 aromatic heterocycles. The number of methoxy groups -OCH3 is 1. The molecule has 0 aromatic carbocycles. The number of likely N-dealkylation sites (N-methyl/N-ethyl adjacent to an activating group) is 2. The third kappa shape index (κ3) is 16.7. The van der Waals surface area contributed by atoms with Crippen LogP contribution < -0.4 is 0 Å². The average molecular weight is 553 g/mol. The lowest BCUT2D eigenvalue weighted by Crippen LogP contribution is -2.41. The molecule has 0 aliphatic carbocycles. The molecule has 0 bridgehead atoms. The lowest BCUT2D eigenvalue weighted by molar-refractivity contribution is -0.166. The molecule has 0 fully saturated rings. The van der Waals surface area contributed by atoms with Gasteiger partial charge in [0, 0.05) is 34.5 Å². The van der Waals surface area contributed by atoms with E-state index in [2.05, 4.69) is 0 Å². The van der Waals surface area contributed by atoms with Gasteiger partial charge >= 0.3 is 11.9 Å². The predicted octanol–water partition coefficient (Wildman–Crippen LogP) is 0.909. The van der Waals surface area contributed by atoms with E-state index in [1.807, 2.05) is 0 Å². The van der Waals surface area contributed by atoms with Gasteiger partial charge in [-0.3, -0.25) is 23.7 Å². The highest BCUT2D eigenvalue weighted by Gasteiger charge is 2.27. The third-order valence-electron chi connectivity index (χ3n) is 4.38. The Balaban J connectivity index is 0. The average Bonchev–Trinajstić information content (AvgIpc) is 2.75. The Bertz CT molecular complexity index is 871. The Morgan fingerprint density at radius 1 is 0.676 bits per heavy atom. The quantitative estimate of drug-likeness (QED) is 0.236. The van der Waals surface area contributed by atoms with Crippen molar-refractivity contribution in [3.63, 3.8) is 0 Å². The first-order valence-electron chi connectivity index (χ1n) is 11.4. The molecule has 13 nitrogen and oxygen atoms in total. The predicted molar refractivity (Wildman–Crippen MR) is 134 cm³/mol. The van der Waals surface area contributed by atoms with Crippen molar-refractivity contribution in [1.82, 2.24) is 9.80 Å². The van der Waals surface area contributed by atoms with Crippen LogP contribution in [0.25, 0.3) is 0 Å². The van der Waals surface area contributed by atoms with Crippen molar-refractivity contribution in [1.29, 1.82) is 0 Å². The highest BCUT2D eigenvalue weighted by Crippen LogP contribution is 2.39. The molecule has 0 aliphatic rings. The van der Waals surface area contributed by atoms with Gasteiger partial charge in [0.25, 0.3) is 11.8 Å². The number of nitrogens with zero attached hydrogens (tertiary/aromatic N) is 2. The molecule has 0 N–H and O–H groups in total. The van der Waals surface area contributed by atoms with E-state index in [1.165, 1.54) is 85.9 Å². The van der Waals surface area contributed by atoms with Gasteiger partial charge in [-0.15, -0.1) is 0 Å². The molecule has 0 saturated carbocycles. The molecular weight excluding hydrogens is 511 g/mol. The smallest absolute Gasteiger partial charge is 0.336 e. The van der Waals surface area contributed by atoms with Crippen molar-refractivity contribution in [3.05, 3.63) is 0 Å². The van der Waals surface area contributed by atoms with Crippen molar-refractivity contribution in [2.75, 3.05) is 47.6 Å². The van der Waals surface area contributed by atoms with Gasteiger partial charge < -0.3 is 28.5 Å². The fourth-order valence-electron chi connectivity index (χ4n) is 2.61. The molecule has 0 aliphatic heterocycles. The summed E-state index contributed by atoms with van der Waals surface area (Å²) < 4.78 is 31.0. The van der Waals surface area contributed by atoms with E-state index in [1.54, 1.807) is 0 Å². The van der Waals surface area contributed by atoms with Gasteiger partial charge in [0.05, 0.1) is 13.1 Å². The van der Waals surface area contributed by atoms with Gasteiger partial charge in [0.1, 0.15) is 11.6 Å². The number of amides is 2. The van der Waals surface area contributed by atoms with Crippen LogP contribution in [0.2, 0.25) is 0 Å². The Labute approximate surface area is 218 Å². The van der Waals surface area contributed by atoms with Crippen LogP contribution in [0, 0.1) is 0 Å². The van der Waals surface area contributed by atoms with Gasteiger partial charge in [-0.2, -0.15) is 0 Å². The molecule has 0 spiro atoms. The van der Waals surface area contributed by atoms with Crippen LogP contribution in [0.1, 0.15) is 41.5 Å². The van der Waals surface area contributed by atoms with Gasteiger partial charge in [-0.25, -0.2) is 9.59 Å². The molecule has 0 rings (SSSR count). The molecular formula is C23H41N2O11P. The second kappa shape index (κ2) is 17.0. The maximum atomic E-state index is 11.8. The monoisotopic (exact) mass is 552 g/mol. The SMILES string of the molecule is CC(=O)CN(C)C(=O)C(C)OC(=O)C(C)OP(C)(C)=O.COC(C)C(=O)OC(C)C(=O)N(C)CC(C)=O. The van der Waals surface area contributed by atoms with Crippen molar-refractivity contribution in [2.45, 2.75) is 66.0 Å². The first-order valence-corrected chi connectivity index (χ1v) is 13.9. The summed E-state index contributed by atoms with van der Waals surface area (Å²) in [5.74, 6) is -2.59. The van der Waals surface area contributed by atoms with Crippen LogP contribution >= 0.6 is 7.37 Å². The Kier molecular flexibility index (Phi) is 16.8. The number of hydrogen-bond acceptors (Lipinski definition) is 11. The molecule has 4 unspecified atom stereocenters. The van der Waals surface area contributed by atoms with E-state index in [-0.39, 0.29) is 24.7 Å². The highest BCUT2D eigenvalue weighted by atomic mass is 31.2. The maximum absolute atomic E-state index is 11.8. The van der Waals surface area contributed by atoms with Gasteiger partial charge in [0.15, 0.2) is 31.8 Å². The minimum Gasteiger partial charge on any atom is -0.451 e. The second-order valence-electron chi connectivity index (χ2n) is 8.83. The topological polar surface area (TPSA) is 163 Å². The Morgan fingerprint density at radius 2 is 1.00 bits per heavy atom. The summed E-state index contributed by atoms with van der Waals surface area (Å²) in [6, 6.07) is 0. The van der Waals surface area contributed by atoms with E-state index >= 15 is 0 Å². The summed E-state index contributed by atoms with van der Waals surface area (Å²) in [5.41, 5.74) is 0. The fourth-order valence-corrected chi connectivity index (χ4v) is 3.45. The number of ketones is 2. The summed E-state index contributed by atoms with van der Waals surface area (Å²) in [5, 5.41) is 0. The van der Waals surface area contributed by atoms with Gasteiger partial charge in [0.2, 0.25) is 0 Å². The van der Waals surface area contributed by atoms with E-state index < -0.39 is 55.5 Å². The van der Waals surface area contributed by atoms with Crippen LogP contribution in [-0.4, -0.2) is 117 Å². The molecule has 0 heterocycles. The summed E-state index contributed by atoms with van der Waals surface area (Å²) in [7, 11) is 1.48. The minimum absolute atomic E-state index is 0.000551. The number of rotatable bonds is 13. The number of esters is 2. The van der Waals surface area contributed by atoms with E-state index in [4.69, 9.17) is 18.7 Å². The zero-order valence-electron chi connectivity index (χ0n) is 23.6. The first-order chi connectivity index (χ1) is 16.7. The fraction of sp³-hybridized carbons (Fsp3) is 0.739. The molecule has 2 amide bonds. The normalized spacial score (nSPS) is 14.0. The van der Waals surface area contributed by atoms with Crippen LogP contribution in [0.3, 0.4) is 0 Å². The van der Waals surface area contributed by atoms with Crippen LogP contribution in [0.15, 0.2) is 0 Å². The zero-order chi connectivity index (χ0) is 29.7. The molecule has 0 radical (unpaired) electrons. The van der Waals surface area contributed by atoms with E-state index in [9.17, 15) is 33.3 Å². The molecule has 14 heteroatoms. The van der Waals surface area contributed by atoms with Crippen molar-refractivity contribution < 1.29 is 52.1 Å². The Hall–Kier alpha value is -2.63. The number of ether oxygens (including phenoxy) is 3. The third-order valence-corrected chi connectivity index (χ3v) is 5.21. The lowest BCUT2D eigenvalue weighted by Gasteiger charge is -2.22. The van der Waals surface area contributed by atoms with Crippen LogP contribution in [0.5, 0.6) is 0 Å².